The molecule has 1 saturated carbocycles. The van der Waals surface area contributed by atoms with Crippen LogP contribution in [0, 0.1) is 0 Å². The Hall–Kier alpha value is -0.840. The van der Waals surface area contributed by atoms with E-state index in [9.17, 15) is 4.79 Å². The van der Waals surface area contributed by atoms with Crippen molar-refractivity contribution in [1.82, 2.24) is 15.5 Å². The van der Waals surface area contributed by atoms with Crippen molar-refractivity contribution in [2.75, 3.05) is 5.33 Å². The molecule has 1 aromatic rings. The topological polar surface area (TPSA) is 57.8 Å². The molecule has 0 bridgehead atoms. The minimum absolute atomic E-state index is 0.0534. The van der Waals surface area contributed by atoms with E-state index in [1.54, 1.807) is 12.3 Å². The van der Waals surface area contributed by atoms with Gasteiger partial charge in [0.25, 0.3) is 5.91 Å². The van der Waals surface area contributed by atoms with Gasteiger partial charge in [-0.3, -0.25) is 9.89 Å². The molecule has 0 spiro atoms. The van der Waals surface area contributed by atoms with E-state index in [2.05, 4.69) is 31.4 Å². The van der Waals surface area contributed by atoms with Gasteiger partial charge in [-0.25, -0.2) is 0 Å². The summed E-state index contributed by atoms with van der Waals surface area (Å²) < 4.78 is 0. The first-order valence-corrected chi connectivity index (χ1v) is 6.26. The number of hydrogen-bond acceptors (Lipinski definition) is 2. The number of nitrogens with one attached hydrogen (secondary N) is 2. The molecule has 1 amide bonds. The van der Waals surface area contributed by atoms with Crippen LogP contribution in [0.5, 0.6) is 0 Å². The summed E-state index contributed by atoms with van der Waals surface area (Å²) >= 11 is 3.48. The van der Waals surface area contributed by atoms with Crippen LogP contribution in [-0.4, -0.2) is 27.0 Å². The Labute approximate surface area is 97.0 Å². The second-order valence-electron chi connectivity index (χ2n) is 4.05. The molecule has 1 fully saturated rings. The maximum atomic E-state index is 11.8. The summed E-state index contributed by atoms with van der Waals surface area (Å²) in [5.74, 6) is -0.0612. The number of hydrogen-bond donors (Lipinski definition) is 2. The number of aromatic nitrogens is 2. The molecule has 1 heterocycles. The predicted octanol–water partition coefficient (Wildman–Crippen LogP) is 1.85. The molecule has 0 saturated heterocycles. The van der Waals surface area contributed by atoms with Gasteiger partial charge in [0.05, 0.1) is 5.54 Å². The van der Waals surface area contributed by atoms with Crippen LogP contribution in [0.3, 0.4) is 0 Å². The zero-order valence-electron chi connectivity index (χ0n) is 8.42. The third kappa shape index (κ3) is 2.22. The van der Waals surface area contributed by atoms with Gasteiger partial charge in [-0.1, -0.05) is 28.8 Å². The fourth-order valence-electron chi connectivity index (χ4n) is 2.03. The van der Waals surface area contributed by atoms with E-state index in [-0.39, 0.29) is 11.4 Å². The number of nitrogens with zero attached hydrogens (tertiary/aromatic N) is 1. The molecule has 0 aromatic carbocycles. The zero-order chi connectivity index (χ0) is 10.7. The summed E-state index contributed by atoms with van der Waals surface area (Å²) in [6, 6.07) is 1.69. The average molecular weight is 272 g/mol. The van der Waals surface area contributed by atoms with Crippen molar-refractivity contribution in [1.29, 1.82) is 0 Å². The molecule has 1 aliphatic rings. The average Bonchev–Trinajstić information content (AvgIpc) is 2.88. The highest BCUT2D eigenvalue weighted by molar-refractivity contribution is 9.09. The summed E-state index contributed by atoms with van der Waals surface area (Å²) in [6.45, 7) is 0. The highest BCUT2D eigenvalue weighted by Gasteiger charge is 2.34. The lowest BCUT2D eigenvalue weighted by Crippen LogP contribution is -2.47. The number of aromatic amines is 1. The van der Waals surface area contributed by atoms with Crippen molar-refractivity contribution >= 4 is 21.8 Å². The van der Waals surface area contributed by atoms with Crippen molar-refractivity contribution in [3.05, 3.63) is 18.0 Å². The minimum atomic E-state index is -0.0612. The smallest absolute Gasteiger partial charge is 0.269 e. The van der Waals surface area contributed by atoms with Gasteiger partial charge in [-0.05, 0) is 18.9 Å². The van der Waals surface area contributed by atoms with Crippen LogP contribution in [0.25, 0.3) is 0 Å². The van der Waals surface area contributed by atoms with Crippen LogP contribution in [0.2, 0.25) is 0 Å². The summed E-state index contributed by atoms with van der Waals surface area (Å²) in [4.78, 5) is 11.8. The molecule has 2 N–H and O–H groups in total. The number of H-pyrrole nitrogens is 1. The second-order valence-corrected chi connectivity index (χ2v) is 4.61. The van der Waals surface area contributed by atoms with Gasteiger partial charge < -0.3 is 5.32 Å². The molecular weight excluding hydrogens is 258 g/mol. The molecule has 0 atom stereocenters. The lowest BCUT2D eigenvalue weighted by Gasteiger charge is -2.27. The molecule has 0 unspecified atom stereocenters. The van der Waals surface area contributed by atoms with Gasteiger partial charge in [-0.15, -0.1) is 0 Å². The highest BCUT2D eigenvalue weighted by atomic mass is 79.9. The maximum Gasteiger partial charge on any atom is 0.269 e. The van der Waals surface area contributed by atoms with E-state index in [0.29, 0.717) is 5.69 Å². The molecule has 15 heavy (non-hydrogen) atoms. The summed E-state index contributed by atoms with van der Waals surface area (Å²) in [5.41, 5.74) is 0.476. The van der Waals surface area contributed by atoms with Crippen LogP contribution in [-0.2, 0) is 0 Å². The molecule has 0 aliphatic heterocycles. The Morgan fingerprint density at radius 3 is 2.87 bits per heavy atom. The SMILES string of the molecule is O=C(NC1(CBr)CCCC1)c1ccn[nH]1. The zero-order valence-corrected chi connectivity index (χ0v) is 10.0. The molecule has 1 aliphatic carbocycles. The van der Waals surface area contributed by atoms with Gasteiger partial charge in [0, 0.05) is 11.5 Å². The Kier molecular flexibility index (Phi) is 3.09. The van der Waals surface area contributed by atoms with Crippen molar-refractivity contribution in [3.8, 4) is 0 Å². The summed E-state index contributed by atoms with van der Waals surface area (Å²) in [7, 11) is 0. The predicted molar refractivity (Wildman–Crippen MR) is 61.0 cm³/mol. The third-order valence-electron chi connectivity index (χ3n) is 2.94. The first-order chi connectivity index (χ1) is 7.26. The number of halogens is 1. The van der Waals surface area contributed by atoms with E-state index in [0.717, 1.165) is 18.2 Å². The number of alkyl halides is 1. The van der Waals surface area contributed by atoms with Crippen LogP contribution >= 0.6 is 15.9 Å². The van der Waals surface area contributed by atoms with E-state index in [4.69, 9.17) is 0 Å². The maximum absolute atomic E-state index is 11.8. The van der Waals surface area contributed by atoms with Crippen LogP contribution < -0.4 is 5.32 Å². The van der Waals surface area contributed by atoms with E-state index in [1.807, 2.05) is 0 Å². The molecule has 4 nitrogen and oxygen atoms in total. The number of rotatable bonds is 3. The van der Waals surface area contributed by atoms with Crippen molar-refractivity contribution in [2.24, 2.45) is 0 Å². The standard InChI is InChI=1S/C10H14BrN3O/c11-7-10(4-1-2-5-10)13-9(15)8-3-6-12-14-8/h3,6H,1-2,4-5,7H2,(H,12,14)(H,13,15). The number of carbonyl (C=O) groups excluding carboxylic acids is 1. The minimum Gasteiger partial charge on any atom is -0.344 e. The van der Waals surface area contributed by atoms with Gasteiger partial charge in [-0.2, -0.15) is 5.10 Å². The first-order valence-electron chi connectivity index (χ1n) is 5.14. The Balaban J connectivity index is 2.04. The van der Waals surface area contributed by atoms with Gasteiger partial charge in [0.2, 0.25) is 0 Å². The fourth-order valence-corrected chi connectivity index (χ4v) is 2.74. The molecule has 82 valence electrons. The highest BCUT2D eigenvalue weighted by Crippen LogP contribution is 2.31. The van der Waals surface area contributed by atoms with Crippen LogP contribution in [0.1, 0.15) is 36.2 Å². The van der Waals surface area contributed by atoms with Crippen molar-refractivity contribution in [2.45, 2.75) is 31.2 Å². The van der Waals surface area contributed by atoms with Crippen molar-refractivity contribution in [3.63, 3.8) is 0 Å². The second kappa shape index (κ2) is 4.35. The van der Waals surface area contributed by atoms with Crippen LogP contribution in [0.15, 0.2) is 12.3 Å². The van der Waals surface area contributed by atoms with Crippen molar-refractivity contribution < 1.29 is 4.79 Å². The van der Waals surface area contributed by atoms with E-state index in [1.165, 1.54) is 12.8 Å². The van der Waals surface area contributed by atoms with Gasteiger partial charge in [0.15, 0.2) is 0 Å². The monoisotopic (exact) mass is 271 g/mol. The van der Waals surface area contributed by atoms with Crippen LogP contribution in [0.4, 0.5) is 0 Å². The Morgan fingerprint density at radius 1 is 1.60 bits per heavy atom. The lowest BCUT2D eigenvalue weighted by molar-refractivity contribution is 0.0905. The summed E-state index contributed by atoms with van der Waals surface area (Å²) in [5, 5.41) is 10.4. The molecular formula is C10H14BrN3O. The number of amides is 1. The van der Waals surface area contributed by atoms with E-state index < -0.39 is 0 Å². The van der Waals surface area contributed by atoms with E-state index >= 15 is 0 Å². The molecule has 2 rings (SSSR count). The molecule has 0 radical (unpaired) electrons. The molecule has 1 aromatic heterocycles. The summed E-state index contributed by atoms with van der Waals surface area (Å²) in [6.07, 6.45) is 6.07. The molecule has 5 heteroatoms. The first kappa shape index (κ1) is 10.7. The van der Waals surface area contributed by atoms with Gasteiger partial charge >= 0.3 is 0 Å². The fraction of sp³-hybridized carbons (Fsp3) is 0.600. The Morgan fingerprint density at radius 2 is 2.33 bits per heavy atom. The normalized spacial score (nSPS) is 19.0. The quantitative estimate of drug-likeness (QED) is 0.825. The lowest BCUT2D eigenvalue weighted by atomic mass is 10.0. The largest absolute Gasteiger partial charge is 0.344 e. The number of carbonyl (C=O) groups is 1. The van der Waals surface area contributed by atoms with Gasteiger partial charge in [0.1, 0.15) is 5.69 Å². The Bertz CT molecular complexity index is 330. The third-order valence-corrected chi connectivity index (χ3v) is 4.01.